The number of benzene rings is 2. The van der Waals surface area contributed by atoms with Gasteiger partial charge in [-0.2, -0.15) is 0 Å². The van der Waals surface area contributed by atoms with Gasteiger partial charge in [0.15, 0.2) is 23.0 Å². The first kappa shape index (κ1) is 38.2. The lowest BCUT2D eigenvalue weighted by atomic mass is 10.1. The molecule has 0 saturated heterocycles. The molecule has 13 heteroatoms. The zero-order valence-corrected chi connectivity index (χ0v) is 26.8. The van der Waals surface area contributed by atoms with E-state index in [0.717, 1.165) is 27.6 Å². The lowest BCUT2D eigenvalue weighted by Crippen LogP contribution is -2.36. The number of hydrogen-bond donors (Lipinski definition) is 2. The zero-order valence-electron chi connectivity index (χ0n) is 25.9. The molecule has 0 spiro atoms. The van der Waals surface area contributed by atoms with Crippen molar-refractivity contribution in [3.8, 4) is 28.7 Å². The van der Waals surface area contributed by atoms with Gasteiger partial charge in [0.1, 0.15) is 20.9 Å². The van der Waals surface area contributed by atoms with Crippen LogP contribution in [-0.2, 0) is 4.57 Å². The van der Waals surface area contributed by atoms with E-state index in [9.17, 15) is 14.4 Å². The normalized spacial score (nSPS) is 11.6. The molecule has 0 aliphatic heterocycles. The van der Waals surface area contributed by atoms with Gasteiger partial charge in [0.2, 0.25) is 5.75 Å². The maximum atomic E-state index is 10.9. The monoisotopic (exact) mass is 602 g/mol. The van der Waals surface area contributed by atoms with Gasteiger partial charge in [0.05, 0.1) is 83.9 Å². The van der Waals surface area contributed by atoms with Crippen molar-refractivity contribution in [1.82, 2.24) is 0 Å². The highest BCUT2D eigenvalue weighted by molar-refractivity contribution is 7.43. The Morgan fingerprint density at radius 2 is 1.10 bits per heavy atom. The molecular formula is C28H47N2O10P. The number of hydrogen-bond acceptors (Lipinski definition) is 10. The number of methoxy groups -OCH3 is 4. The molecule has 12 nitrogen and oxygen atoms in total. The van der Waals surface area contributed by atoms with E-state index in [-0.39, 0.29) is 24.7 Å². The highest BCUT2D eigenvalue weighted by Crippen LogP contribution is 2.39. The van der Waals surface area contributed by atoms with E-state index in [0.29, 0.717) is 22.8 Å². The summed E-state index contributed by atoms with van der Waals surface area (Å²) in [4.78, 5) is 21.8. The Morgan fingerprint density at radius 3 is 1.41 bits per heavy atom. The third kappa shape index (κ3) is 16.9. The Bertz CT molecular complexity index is 1080. The summed E-state index contributed by atoms with van der Waals surface area (Å²) < 4.78 is 37.9. The summed E-state index contributed by atoms with van der Waals surface area (Å²) in [7, 11) is 13.0. The van der Waals surface area contributed by atoms with E-state index in [1.165, 1.54) is 40.6 Å². The minimum absolute atomic E-state index is 0.131. The molecule has 0 amide bonds. The second-order valence-corrected chi connectivity index (χ2v) is 11.8. The molecule has 0 aliphatic rings. The van der Waals surface area contributed by atoms with E-state index in [2.05, 4.69) is 46.8 Å². The van der Waals surface area contributed by atoms with Gasteiger partial charge in [-0.3, -0.25) is 0 Å². The SMILES string of the molecule is COc1ccc(/C=C\c2cc(OC)c(OC)c(OC)c2)cc1OP(=O)([O-])[O-].C[N+](C)(C)CCO.C[N+](C)(C)CCO. The standard InChI is InChI=1S/C18H21O8P.2C5H14NO/c1-22-14-8-7-12(9-15(14)26-27(19,20)21)5-6-13-10-16(23-2)18(25-4)17(11-13)24-3;2*1-6(2,3)4-5-7/h5-11H,1-4H3,(H2,19,20,21);2*7H,4-5H2,1-3H3/q;2*+1/p-2/b6-5-;;. The van der Waals surface area contributed by atoms with Crippen molar-refractivity contribution in [2.45, 2.75) is 0 Å². The lowest BCUT2D eigenvalue weighted by molar-refractivity contribution is -0.870. The second kappa shape index (κ2) is 17.9. The third-order valence-electron chi connectivity index (χ3n) is 5.09. The predicted octanol–water partition coefficient (Wildman–Crippen LogP) is 1.47. The Hall–Kier alpha value is -2.83. The number of phosphoric ester groups is 1. The highest BCUT2D eigenvalue weighted by Gasteiger charge is 2.12. The maximum absolute atomic E-state index is 10.9. The number of ether oxygens (including phenoxy) is 4. The van der Waals surface area contributed by atoms with E-state index in [1.54, 1.807) is 30.4 Å². The topological polar surface area (TPSA) is 150 Å². The first-order chi connectivity index (χ1) is 18.9. The summed E-state index contributed by atoms with van der Waals surface area (Å²) in [5.74, 6) is 1.41. The summed E-state index contributed by atoms with van der Waals surface area (Å²) in [5, 5.41) is 16.8. The average molecular weight is 603 g/mol. The fourth-order valence-corrected chi connectivity index (χ4v) is 3.36. The number of rotatable bonds is 12. The summed E-state index contributed by atoms with van der Waals surface area (Å²) in [5.41, 5.74) is 1.34. The van der Waals surface area contributed by atoms with Gasteiger partial charge in [0.25, 0.3) is 0 Å². The fraction of sp³-hybridized carbons (Fsp3) is 0.500. The molecular weight excluding hydrogens is 555 g/mol. The summed E-state index contributed by atoms with van der Waals surface area (Å²) in [6.07, 6.45) is 3.46. The van der Waals surface area contributed by atoms with Gasteiger partial charge in [-0.05, 0) is 35.4 Å². The number of likely N-dealkylation sites (N-methyl/N-ethyl adjacent to an activating group) is 2. The molecule has 234 valence electrons. The molecule has 2 rings (SSSR count). The average Bonchev–Trinajstić information content (AvgIpc) is 2.85. The molecule has 0 atom stereocenters. The highest BCUT2D eigenvalue weighted by atomic mass is 31.2. The van der Waals surface area contributed by atoms with Crippen LogP contribution in [0.3, 0.4) is 0 Å². The van der Waals surface area contributed by atoms with E-state index < -0.39 is 7.82 Å². The Labute approximate surface area is 244 Å². The molecule has 0 unspecified atom stereocenters. The van der Waals surface area contributed by atoms with Crippen LogP contribution in [0.15, 0.2) is 30.3 Å². The smallest absolute Gasteiger partial charge is 0.203 e. The summed E-state index contributed by atoms with van der Waals surface area (Å²) in [6, 6.07) is 8.07. The van der Waals surface area contributed by atoms with Gasteiger partial charge in [-0.15, -0.1) is 0 Å². The van der Waals surface area contributed by atoms with Crippen LogP contribution in [0.4, 0.5) is 0 Å². The van der Waals surface area contributed by atoms with Gasteiger partial charge >= 0.3 is 0 Å². The Morgan fingerprint density at radius 1 is 0.683 bits per heavy atom. The zero-order chi connectivity index (χ0) is 31.9. The van der Waals surface area contributed by atoms with Gasteiger partial charge in [-0.1, -0.05) is 18.2 Å². The molecule has 0 heterocycles. The van der Waals surface area contributed by atoms with Crippen LogP contribution in [0.25, 0.3) is 12.2 Å². The summed E-state index contributed by atoms with van der Waals surface area (Å²) >= 11 is 0. The van der Waals surface area contributed by atoms with Crippen molar-refractivity contribution in [3.05, 3.63) is 41.5 Å². The van der Waals surface area contributed by atoms with Crippen molar-refractivity contribution < 1.29 is 57.0 Å². The molecule has 0 bridgehead atoms. The molecule has 0 saturated carbocycles. The quantitative estimate of drug-likeness (QED) is 0.208. The fourth-order valence-electron chi connectivity index (χ4n) is 2.98. The molecule has 2 N–H and O–H groups in total. The number of nitrogens with zero attached hydrogens (tertiary/aromatic N) is 2. The third-order valence-corrected chi connectivity index (χ3v) is 5.52. The van der Waals surface area contributed by atoms with Crippen molar-refractivity contribution in [1.29, 1.82) is 0 Å². The number of phosphoric acid groups is 1. The summed E-state index contributed by atoms with van der Waals surface area (Å²) in [6.45, 7) is 2.23. The van der Waals surface area contributed by atoms with Crippen molar-refractivity contribution in [2.24, 2.45) is 0 Å². The van der Waals surface area contributed by atoms with E-state index >= 15 is 0 Å². The van der Waals surface area contributed by atoms with Crippen molar-refractivity contribution in [3.63, 3.8) is 0 Å². The molecule has 41 heavy (non-hydrogen) atoms. The first-order valence-electron chi connectivity index (χ1n) is 12.6. The predicted molar refractivity (Wildman–Crippen MR) is 156 cm³/mol. The Kier molecular flexibility index (Phi) is 16.6. The van der Waals surface area contributed by atoms with Crippen LogP contribution in [-0.4, -0.2) is 116 Å². The minimum atomic E-state index is -5.21. The van der Waals surface area contributed by atoms with Crippen molar-refractivity contribution in [2.75, 3.05) is 97.0 Å². The van der Waals surface area contributed by atoms with E-state index in [1.807, 2.05) is 0 Å². The largest absolute Gasteiger partial charge is 0.780 e. The molecule has 0 radical (unpaired) electrons. The van der Waals surface area contributed by atoms with Crippen LogP contribution < -0.4 is 33.3 Å². The van der Waals surface area contributed by atoms with Crippen LogP contribution in [0, 0.1) is 0 Å². The lowest BCUT2D eigenvalue weighted by Gasteiger charge is -2.29. The molecule has 0 aromatic heterocycles. The molecule has 0 fully saturated rings. The number of aliphatic hydroxyl groups excluding tert-OH is 2. The van der Waals surface area contributed by atoms with Gasteiger partial charge in [0, 0.05) is 0 Å². The second-order valence-electron chi connectivity index (χ2n) is 10.7. The molecule has 2 aromatic rings. The Balaban J connectivity index is 0.000000941. The van der Waals surface area contributed by atoms with Crippen LogP contribution in [0.1, 0.15) is 11.1 Å². The number of aliphatic hydroxyl groups is 2. The van der Waals surface area contributed by atoms with Crippen LogP contribution in [0.2, 0.25) is 0 Å². The molecule has 2 aromatic carbocycles. The van der Waals surface area contributed by atoms with E-state index in [4.69, 9.17) is 29.2 Å². The number of quaternary nitrogens is 2. The van der Waals surface area contributed by atoms with Gasteiger partial charge < -0.3 is 57.0 Å². The van der Waals surface area contributed by atoms with Crippen LogP contribution >= 0.6 is 7.82 Å². The van der Waals surface area contributed by atoms with Gasteiger partial charge in [-0.25, -0.2) is 0 Å². The van der Waals surface area contributed by atoms with Crippen LogP contribution in [0.5, 0.6) is 28.7 Å². The minimum Gasteiger partial charge on any atom is -0.780 e. The van der Waals surface area contributed by atoms with Crippen molar-refractivity contribution >= 4 is 20.0 Å². The molecule has 0 aliphatic carbocycles. The maximum Gasteiger partial charge on any atom is 0.203 e. The first-order valence-corrected chi connectivity index (χ1v) is 14.1.